The lowest BCUT2D eigenvalue weighted by molar-refractivity contribution is 0.371. The molecule has 12 rings (SSSR count). The van der Waals surface area contributed by atoms with Crippen molar-refractivity contribution in [3.63, 3.8) is 0 Å². The molecule has 2 nitrogen and oxygen atoms in total. The normalized spacial score (nSPS) is 18.0. The maximum atomic E-state index is 2.70. The Morgan fingerprint density at radius 3 is 2.05 bits per heavy atom. The maximum Gasteiger partial charge on any atom is 0.0579 e. The summed E-state index contributed by atoms with van der Waals surface area (Å²) < 4.78 is 2.70. The molecule has 0 N–H and O–H groups in total. The minimum atomic E-state index is -0.149. The van der Waals surface area contributed by atoms with Gasteiger partial charge in [-0.1, -0.05) is 143 Å². The highest BCUT2D eigenvalue weighted by atomic mass is 15.1. The van der Waals surface area contributed by atoms with Crippen molar-refractivity contribution in [2.45, 2.75) is 57.8 Å². The van der Waals surface area contributed by atoms with Crippen LogP contribution < -0.4 is 4.90 Å². The second-order valence-electron chi connectivity index (χ2n) is 18.0. The van der Waals surface area contributed by atoms with Crippen molar-refractivity contribution < 1.29 is 0 Å². The van der Waals surface area contributed by atoms with Crippen LogP contribution in [-0.2, 0) is 17.3 Å². The van der Waals surface area contributed by atoms with Crippen LogP contribution in [0.4, 0.5) is 17.1 Å². The predicted molar refractivity (Wildman–Crippen MR) is 246 cm³/mol. The molecule has 1 unspecified atom stereocenters. The minimum absolute atomic E-state index is 0.0191. The summed E-state index contributed by atoms with van der Waals surface area (Å²) >= 11 is 0. The fourth-order valence-corrected chi connectivity index (χ4v) is 11.2. The summed E-state index contributed by atoms with van der Waals surface area (Å²) in [4.78, 5) is 2.48. The van der Waals surface area contributed by atoms with E-state index < -0.39 is 0 Å². The number of nitrogens with zero attached hydrogens (tertiary/aromatic N) is 2. The van der Waals surface area contributed by atoms with Gasteiger partial charge in [-0.3, -0.25) is 0 Å². The molecule has 7 aromatic carbocycles. The topological polar surface area (TPSA) is 8.17 Å². The molecule has 0 amide bonds. The Bertz CT molecular complexity index is 3120. The van der Waals surface area contributed by atoms with Gasteiger partial charge in [0, 0.05) is 49.9 Å². The Morgan fingerprint density at radius 2 is 1.24 bits per heavy atom. The zero-order chi connectivity index (χ0) is 38.9. The summed E-state index contributed by atoms with van der Waals surface area (Å²) in [5.41, 5.74) is 19.9. The number of anilines is 3. The Kier molecular flexibility index (Phi) is 7.02. The summed E-state index contributed by atoms with van der Waals surface area (Å²) in [6, 6.07) is 52.6. The first kappa shape index (κ1) is 33.7. The zero-order valence-corrected chi connectivity index (χ0v) is 33.7. The van der Waals surface area contributed by atoms with Gasteiger partial charge >= 0.3 is 0 Å². The zero-order valence-electron chi connectivity index (χ0n) is 33.7. The van der Waals surface area contributed by atoms with E-state index in [9.17, 15) is 0 Å². The molecule has 0 radical (unpaired) electrons. The van der Waals surface area contributed by atoms with E-state index >= 15 is 0 Å². The molecule has 2 heteroatoms. The molecule has 0 bridgehead atoms. The highest BCUT2D eigenvalue weighted by Crippen LogP contribution is 2.60. The number of allylic oxidation sites excluding steroid dienone is 5. The van der Waals surface area contributed by atoms with Crippen molar-refractivity contribution in [3.05, 3.63) is 186 Å². The third-order valence-corrected chi connectivity index (χ3v) is 14.2. The van der Waals surface area contributed by atoms with E-state index in [0.717, 1.165) is 24.9 Å². The number of aromatic nitrogens is 1. The van der Waals surface area contributed by atoms with Gasteiger partial charge in [0.2, 0.25) is 0 Å². The van der Waals surface area contributed by atoms with E-state index in [4.69, 9.17) is 0 Å². The smallest absolute Gasteiger partial charge is 0.0579 e. The molecule has 280 valence electrons. The summed E-state index contributed by atoms with van der Waals surface area (Å²) in [7, 11) is 0. The molecule has 0 saturated carbocycles. The number of benzene rings is 7. The third-order valence-electron chi connectivity index (χ3n) is 14.2. The third kappa shape index (κ3) is 4.60. The summed E-state index contributed by atoms with van der Waals surface area (Å²) in [6.45, 7) is 9.90. The molecule has 58 heavy (non-hydrogen) atoms. The van der Waals surface area contributed by atoms with Gasteiger partial charge in [0.15, 0.2) is 0 Å². The van der Waals surface area contributed by atoms with Gasteiger partial charge in [-0.25, -0.2) is 0 Å². The first-order chi connectivity index (χ1) is 28.3. The molecule has 4 aliphatic rings. The van der Waals surface area contributed by atoms with Gasteiger partial charge in [-0.05, 0) is 118 Å². The maximum absolute atomic E-state index is 2.70. The summed E-state index contributed by atoms with van der Waals surface area (Å²) in [5.74, 6) is 0.417. The number of fused-ring (bicyclic) bond motifs is 3. The quantitative estimate of drug-likeness (QED) is 0.170. The molecular weight excluding hydrogens is 701 g/mol. The van der Waals surface area contributed by atoms with Crippen LogP contribution in [0.3, 0.4) is 0 Å². The van der Waals surface area contributed by atoms with Gasteiger partial charge in [0.25, 0.3) is 0 Å². The number of rotatable bonds is 5. The lowest BCUT2D eigenvalue weighted by Crippen LogP contribution is -2.40. The second-order valence-corrected chi connectivity index (χ2v) is 18.0. The van der Waals surface area contributed by atoms with Gasteiger partial charge in [-0.2, -0.15) is 0 Å². The fourth-order valence-electron chi connectivity index (χ4n) is 11.2. The average molecular weight is 747 g/mol. The van der Waals surface area contributed by atoms with Crippen LogP contribution in [0.5, 0.6) is 0 Å². The van der Waals surface area contributed by atoms with Gasteiger partial charge in [-0.15, -0.1) is 0 Å². The van der Waals surface area contributed by atoms with Crippen LogP contribution in [0.15, 0.2) is 163 Å². The van der Waals surface area contributed by atoms with Crippen LogP contribution in [0.1, 0.15) is 62.8 Å². The van der Waals surface area contributed by atoms with Crippen LogP contribution in [-0.4, -0.2) is 4.57 Å². The average Bonchev–Trinajstić information content (AvgIpc) is 3.59. The molecular formula is C56H46N2. The Morgan fingerprint density at radius 1 is 0.569 bits per heavy atom. The van der Waals surface area contributed by atoms with E-state index in [1.165, 1.54) is 99.7 Å². The van der Waals surface area contributed by atoms with Crippen LogP contribution in [0.25, 0.3) is 66.6 Å². The Labute approximate surface area is 341 Å². The molecule has 0 saturated heterocycles. The van der Waals surface area contributed by atoms with Crippen LogP contribution >= 0.6 is 0 Å². The molecule has 2 aliphatic heterocycles. The second kappa shape index (κ2) is 12.1. The first-order valence-electron chi connectivity index (χ1n) is 21.1. The van der Waals surface area contributed by atoms with Crippen molar-refractivity contribution in [1.82, 2.24) is 4.57 Å². The number of hydrogen-bond donors (Lipinski definition) is 0. The summed E-state index contributed by atoms with van der Waals surface area (Å²) in [5, 5.41) is 5.21. The van der Waals surface area contributed by atoms with E-state index in [1.807, 2.05) is 0 Å². The van der Waals surface area contributed by atoms with Crippen molar-refractivity contribution in [1.29, 1.82) is 0 Å². The molecule has 0 spiro atoms. The minimum Gasteiger partial charge on any atom is -0.312 e. The Balaban J connectivity index is 1.08. The lowest BCUT2D eigenvalue weighted by atomic mass is 9.62. The van der Waals surface area contributed by atoms with E-state index in [2.05, 4.69) is 201 Å². The SMILES string of the molecule is CC1(C)C2=C3C(CC=C2)C(C)(C)c2cc(-c4ccccc4)cc4c5cc(-c6ccc(N(c7cccc8c7C=CCC8)c7cccc8ccccc78)cc6)cc1c5n3c24. The fraction of sp³-hybridized carbons (Fsp3) is 0.179. The van der Waals surface area contributed by atoms with Crippen molar-refractivity contribution in [2.75, 3.05) is 4.90 Å². The molecule has 2 aliphatic carbocycles. The molecule has 1 aromatic heterocycles. The highest BCUT2D eigenvalue weighted by molar-refractivity contribution is 6.17. The van der Waals surface area contributed by atoms with E-state index in [0.29, 0.717) is 5.92 Å². The number of hydrogen-bond acceptors (Lipinski definition) is 1. The molecule has 0 fully saturated rings. The van der Waals surface area contributed by atoms with Crippen LogP contribution in [0.2, 0.25) is 0 Å². The van der Waals surface area contributed by atoms with Gasteiger partial charge < -0.3 is 9.47 Å². The van der Waals surface area contributed by atoms with Gasteiger partial charge in [0.05, 0.1) is 22.4 Å². The van der Waals surface area contributed by atoms with Crippen molar-refractivity contribution in [2.24, 2.45) is 5.92 Å². The van der Waals surface area contributed by atoms with E-state index in [1.54, 1.807) is 0 Å². The first-order valence-corrected chi connectivity index (χ1v) is 21.1. The highest BCUT2D eigenvalue weighted by Gasteiger charge is 2.48. The monoisotopic (exact) mass is 746 g/mol. The van der Waals surface area contributed by atoms with E-state index in [-0.39, 0.29) is 10.8 Å². The standard InChI is InChI=1S/C56H46N2/c1-55(2)46-23-14-24-47-54(46)58-52-44(31-39(33-48(52)55)35-15-6-5-7-16-35)45-32-40(34-49(53(45)58)56(47,3)4)36-27-29-41(30-28-36)57(50-25-12-19-37-17-8-10-21-42(37)50)51-26-13-20-38-18-9-11-22-43(38)51/h5-8,10-17,19-22,24-34,46H,9,18,23H2,1-4H3. The molecule has 3 heterocycles. The predicted octanol–water partition coefficient (Wildman–Crippen LogP) is 15.1. The van der Waals surface area contributed by atoms with Crippen molar-refractivity contribution >= 4 is 61.4 Å². The largest absolute Gasteiger partial charge is 0.312 e. The van der Waals surface area contributed by atoms with Crippen molar-refractivity contribution in [3.8, 4) is 22.3 Å². The number of aryl methyl sites for hydroxylation is 1. The molecule has 1 atom stereocenters. The van der Waals surface area contributed by atoms with Gasteiger partial charge in [0.1, 0.15) is 0 Å². The molecule has 8 aromatic rings. The lowest BCUT2D eigenvalue weighted by Gasteiger charge is -2.48. The Hall–Kier alpha value is -6.38. The van der Waals surface area contributed by atoms with Crippen LogP contribution in [0, 0.1) is 5.92 Å². The summed E-state index contributed by atoms with van der Waals surface area (Å²) in [6.07, 6.45) is 12.8.